The molecule has 0 aromatic heterocycles. The van der Waals surface area contributed by atoms with Gasteiger partial charge in [-0.3, -0.25) is 4.72 Å². The van der Waals surface area contributed by atoms with Crippen LogP contribution in [0.4, 0.5) is 5.69 Å². The van der Waals surface area contributed by atoms with E-state index in [-0.39, 0.29) is 4.90 Å². The van der Waals surface area contributed by atoms with Crippen LogP contribution in [-0.2, 0) is 10.0 Å². The van der Waals surface area contributed by atoms with Crippen LogP contribution in [0.5, 0.6) is 5.75 Å². The van der Waals surface area contributed by atoms with Crippen LogP contribution < -0.4 is 9.46 Å². The van der Waals surface area contributed by atoms with Gasteiger partial charge < -0.3 is 4.74 Å². The Labute approximate surface area is 125 Å². The fourth-order valence-corrected chi connectivity index (χ4v) is 3.46. The van der Waals surface area contributed by atoms with Gasteiger partial charge in [0.15, 0.2) is 0 Å². The minimum Gasteiger partial charge on any atom is -0.497 e. The minimum absolute atomic E-state index is 0.254. The molecule has 2 rings (SSSR count). The number of sulfonamides is 1. The van der Waals surface area contributed by atoms with Crippen LogP contribution >= 0.6 is 0 Å². The summed E-state index contributed by atoms with van der Waals surface area (Å²) >= 11 is 0. The SMILES string of the molecule is COc1ccc(S(=O)(=O)Nc2cccc(C)c2C)c(C)c1. The van der Waals surface area contributed by atoms with Crippen LogP contribution in [0, 0.1) is 20.8 Å². The Morgan fingerprint density at radius 3 is 2.33 bits per heavy atom. The zero-order chi connectivity index (χ0) is 15.6. The van der Waals surface area contributed by atoms with Gasteiger partial charge >= 0.3 is 0 Å². The molecule has 2 aromatic carbocycles. The smallest absolute Gasteiger partial charge is 0.262 e. The second-order valence-electron chi connectivity index (χ2n) is 4.98. The molecule has 0 amide bonds. The van der Waals surface area contributed by atoms with E-state index in [9.17, 15) is 8.42 Å². The van der Waals surface area contributed by atoms with Crippen LogP contribution in [0.1, 0.15) is 16.7 Å². The number of hydrogen-bond donors (Lipinski definition) is 1. The summed E-state index contributed by atoms with van der Waals surface area (Å²) in [6, 6.07) is 10.5. The van der Waals surface area contributed by atoms with E-state index in [2.05, 4.69) is 4.72 Å². The summed E-state index contributed by atoms with van der Waals surface area (Å²) in [4.78, 5) is 0.254. The molecule has 5 heteroatoms. The molecular formula is C16H19NO3S. The van der Waals surface area contributed by atoms with Crippen molar-refractivity contribution in [1.82, 2.24) is 0 Å². The van der Waals surface area contributed by atoms with Crippen molar-refractivity contribution in [2.24, 2.45) is 0 Å². The number of methoxy groups -OCH3 is 1. The largest absolute Gasteiger partial charge is 0.497 e. The molecule has 0 heterocycles. The molecular weight excluding hydrogens is 286 g/mol. The van der Waals surface area contributed by atoms with Crippen molar-refractivity contribution < 1.29 is 13.2 Å². The van der Waals surface area contributed by atoms with E-state index in [1.165, 1.54) is 0 Å². The van der Waals surface area contributed by atoms with Crippen molar-refractivity contribution in [3.05, 3.63) is 53.1 Å². The number of rotatable bonds is 4. The molecule has 4 nitrogen and oxygen atoms in total. The molecule has 0 aliphatic heterocycles. The molecule has 0 aliphatic rings. The first kappa shape index (κ1) is 15.4. The molecule has 0 unspecified atom stereocenters. The van der Waals surface area contributed by atoms with Crippen molar-refractivity contribution in [3.8, 4) is 5.75 Å². The molecule has 1 N–H and O–H groups in total. The fraction of sp³-hybridized carbons (Fsp3) is 0.250. The first-order valence-electron chi connectivity index (χ1n) is 6.59. The average Bonchev–Trinajstić information content (AvgIpc) is 2.43. The molecule has 0 saturated carbocycles. The van der Waals surface area contributed by atoms with Crippen LogP contribution in [0.15, 0.2) is 41.3 Å². The molecule has 0 aliphatic carbocycles. The molecule has 0 bridgehead atoms. The monoisotopic (exact) mass is 305 g/mol. The summed E-state index contributed by atoms with van der Waals surface area (Å²) in [5.41, 5.74) is 3.21. The molecule has 0 saturated heterocycles. The maximum absolute atomic E-state index is 12.5. The van der Waals surface area contributed by atoms with Crippen molar-refractivity contribution in [2.75, 3.05) is 11.8 Å². The molecule has 112 valence electrons. The summed E-state index contributed by atoms with van der Waals surface area (Å²) in [7, 11) is -2.06. The predicted octanol–water partition coefficient (Wildman–Crippen LogP) is 3.42. The van der Waals surface area contributed by atoms with Gasteiger partial charge in [0.2, 0.25) is 0 Å². The third-order valence-corrected chi connectivity index (χ3v) is 5.05. The van der Waals surface area contributed by atoms with Gasteiger partial charge in [-0.15, -0.1) is 0 Å². The Morgan fingerprint density at radius 2 is 1.71 bits per heavy atom. The summed E-state index contributed by atoms with van der Waals surface area (Å²) in [6.07, 6.45) is 0. The van der Waals surface area contributed by atoms with E-state index in [4.69, 9.17) is 4.74 Å². The van der Waals surface area contributed by atoms with E-state index in [1.807, 2.05) is 26.0 Å². The Morgan fingerprint density at radius 1 is 1.00 bits per heavy atom. The van der Waals surface area contributed by atoms with E-state index < -0.39 is 10.0 Å². The van der Waals surface area contributed by atoms with Gasteiger partial charge in [-0.05, 0) is 61.7 Å². The summed E-state index contributed by atoms with van der Waals surface area (Å²) in [6.45, 7) is 5.60. The lowest BCUT2D eigenvalue weighted by Gasteiger charge is -2.14. The van der Waals surface area contributed by atoms with Crippen LogP contribution in [-0.4, -0.2) is 15.5 Å². The fourth-order valence-electron chi connectivity index (χ4n) is 2.11. The average molecular weight is 305 g/mol. The lowest BCUT2D eigenvalue weighted by molar-refractivity contribution is 0.414. The first-order chi connectivity index (χ1) is 9.85. The van der Waals surface area contributed by atoms with Crippen molar-refractivity contribution in [2.45, 2.75) is 25.7 Å². The maximum Gasteiger partial charge on any atom is 0.262 e. The van der Waals surface area contributed by atoms with Crippen molar-refractivity contribution in [3.63, 3.8) is 0 Å². The highest BCUT2D eigenvalue weighted by Gasteiger charge is 2.18. The lowest BCUT2D eigenvalue weighted by atomic mass is 10.1. The number of aryl methyl sites for hydroxylation is 2. The highest BCUT2D eigenvalue weighted by Crippen LogP contribution is 2.25. The van der Waals surface area contributed by atoms with Gasteiger partial charge in [-0.25, -0.2) is 8.42 Å². The van der Waals surface area contributed by atoms with E-state index in [0.29, 0.717) is 17.0 Å². The number of ether oxygens (including phenoxy) is 1. The van der Waals surface area contributed by atoms with Gasteiger partial charge in [0.05, 0.1) is 17.7 Å². The Bertz CT molecular complexity index is 767. The molecule has 21 heavy (non-hydrogen) atoms. The first-order valence-corrected chi connectivity index (χ1v) is 8.07. The zero-order valence-electron chi connectivity index (χ0n) is 12.6. The number of nitrogens with one attached hydrogen (secondary N) is 1. The Kier molecular flexibility index (Phi) is 4.23. The Hall–Kier alpha value is -2.01. The predicted molar refractivity (Wildman–Crippen MR) is 84.5 cm³/mol. The normalized spacial score (nSPS) is 11.2. The minimum atomic E-state index is -3.61. The van der Waals surface area contributed by atoms with Gasteiger partial charge in [0, 0.05) is 0 Å². The van der Waals surface area contributed by atoms with Crippen molar-refractivity contribution >= 4 is 15.7 Å². The number of hydrogen-bond acceptors (Lipinski definition) is 3. The van der Waals surface area contributed by atoms with E-state index in [1.54, 1.807) is 38.3 Å². The molecule has 0 radical (unpaired) electrons. The highest BCUT2D eigenvalue weighted by atomic mass is 32.2. The number of benzene rings is 2. The van der Waals surface area contributed by atoms with Gasteiger partial charge in [-0.2, -0.15) is 0 Å². The van der Waals surface area contributed by atoms with Crippen molar-refractivity contribution in [1.29, 1.82) is 0 Å². The quantitative estimate of drug-likeness (QED) is 0.941. The van der Waals surface area contributed by atoms with E-state index >= 15 is 0 Å². The summed E-state index contributed by atoms with van der Waals surface area (Å²) in [5, 5.41) is 0. The van der Waals surface area contributed by atoms with Gasteiger partial charge in [0.25, 0.3) is 10.0 Å². The third-order valence-electron chi connectivity index (χ3n) is 3.52. The lowest BCUT2D eigenvalue weighted by Crippen LogP contribution is -2.15. The molecule has 2 aromatic rings. The second-order valence-corrected chi connectivity index (χ2v) is 6.64. The molecule has 0 atom stereocenters. The molecule has 0 fully saturated rings. The second kappa shape index (κ2) is 5.77. The van der Waals surface area contributed by atoms with Gasteiger partial charge in [0.1, 0.15) is 5.75 Å². The third kappa shape index (κ3) is 3.19. The summed E-state index contributed by atoms with van der Waals surface area (Å²) < 4.78 is 32.8. The Balaban J connectivity index is 2.41. The highest BCUT2D eigenvalue weighted by molar-refractivity contribution is 7.92. The topological polar surface area (TPSA) is 55.4 Å². The number of anilines is 1. The zero-order valence-corrected chi connectivity index (χ0v) is 13.4. The van der Waals surface area contributed by atoms with Crippen LogP contribution in [0.3, 0.4) is 0 Å². The van der Waals surface area contributed by atoms with Crippen LogP contribution in [0.25, 0.3) is 0 Å². The standard InChI is InChI=1S/C16H19NO3S/c1-11-6-5-7-15(13(11)3)17-21(18,19)16-9-8-14(20-4)10-12(16)2/h5-10,17H,1-4H3. The van der Waals surface area contributed by atoms with Gasteiger partial charge in [-0.1, -0.05) is 12.1 Å². The molecule has 0 spiro atoms. The van der Waals surface area contributed by atoms with E-state index in [0.717, 1.165) is 11.1 Å². The summed E-state index contributed by atoms with van der Waals surface area (Å²) in [5.74, 6) is 0.637. The van der Waals surface area contributed by atoms with Crippen LogP contribution in [0.2, 0.25) is 0 Å². The maximum atomic E-state index is 12.5.